The van der Waals surface area contributed by atoms with Gasteiger partial charge in [-0.2, -0.15) is 22.0 Å². The average Bonchev–Trinajstić information content (AvgIpc) is 1.98. The molecule has 0 N–H and O–H groups in total. The van der Waals surface area contributed by atoms with Crippen molar-refractivity contribution in [3.05, 3.63) is 23.3 Å². The summed E-state index contributed by atoms with van der Waals surface area (Å²) in [4.78, 5) is 0. The van der Waals surface area contributed by atoms with Crippen molar-refractivity contribution in [1.29, 1.82) is 0 Å². The van der Waals surface area contributed by atoms with Gasteiger partial charge in [-0.25, -0.2) is 8.78 Å². The summed E-state index contributed by atoms with van der Waals surface area (Å²) in [5, 5.41) is 0. The second-order valence-corrected chi connectivity index (χ2v) is 2.01. The van der Waals surface area contributed by atoms with Crippen LogP contribution in [0, 0.1) is 0 Å². The molecule has 0 aromatic carbocycles. The molecule has 0 amide bonds. The van der Waals surface area contributed by atoms with E-state index in [9.17, 15) is 30.7 Å². The summed E-state index contributed by atoms with van der Waals surface area (Å²) in [5.41, 5.74) is -1.76. The summed E-state index contributed by atoms with van der Waals surface area (Å²) < 4.78 is 81.2. The zero-order valence-corrected chi connectivity index (χ0v) is 6.15. The van der Waals surface area contributed by atoms with Crippen molar-refractivity contribution < 1.29 is 30.7 Å². The van der Waals surface area contributed by atoms with Crippen LogP contribution in [0.15, 0.2) is 23.3 Å². The molecule has 0 atom stereocenters. The maximum Gasteiger partial charge on any atom is 0.443 e. The fraction of sp³-hybridized carbons (Fsp3) is 0.333. The van der Waals surface area contributed by atoms with Crippen LogP contribution in [0.5, 0.6) is 0 Å². The predicted octanol–water partition coefficient (Wildman–Crippen LogP) is 3.87. The maximum atomic E-state index is 12.1. The summed E-state index contributed by atoms with van der Waals surface area (Å²) in [5.74, 6) is -5.35. The smallest absolute Gasteiger partial charge is 0.201 e. The zero-order valence-electron chi connectivity index (χ0n) is 6.15. The van der Waals surface area contributed by atoms with Gasteiger partial charge < -0.3 is 0 Å². The van der Waals surface area contributed by atoms with Gasteiger partial charge in [-0.1, -0.05) is 0 Å². The van der Waals surface area contributed by atoms with E-state index < -0.39 is 29.5 Å². The standard InChI is InChI=1S/C6H3F7/c1-2(3(7)5(9)10)4(8)6(11,12)13/h1H3. The van der Waals surface area contributed by atoms with Crippen LogP contribution in [-0.2, 0) is 0 Å². The monoisotopic (exact) mass is 208 g/mol. The van der Waals surface area contributed by atoms with Crippen LogP contribution < -0.4 is 0 Å². The van der Waals surface area contributed by atoms with Crippen molar-refractivity contribution >= 4 is 0 Å². The van der Waals surface area contributed by atoms with E-state index in [2.05, 4.69) is 0 Å². The Morgan fingerprint density at radius 1 is 0.923 bits per heavy atom. The molecule has 0 aliphatic heterocycles. The van der Waals surface area contributed by atoms with Crippen LogP contribution >= 0.6 is 0 Å². The van der Waals surface area contributed by atoms with E-state index in [0.29, 0.717) is 0 Å². The van der Waals surface area contributed by atoms with Crippen molar-refractivity contribution in [2.75, 3.05) is 0 Å². The fourth-order valence-corrected chi connectivity index (χ4v) is 0.451. The highest BCUT2D eigenvalue weighted by atomic mass is 19.4. The summed E-state index contributed by atoms with van der Waals surface area (Å²) in [6.07, 6.45) is -8.44. The number of allylic oxidation sites excluding steroid dienone is 3. The Kier molecular flexibility index (Phi) is 3.50. The first-order chi connectivity index (χ1) is 5.68. The quantitative estimate of drug-likeness (QED) is 0.453. The van der Waals surface area contributed by atoms with Crippen molar-refractivity contribution in [3.63, 3.8) is 0 Å². The van der Waals surface area contributed by atoms with Crippen LogP contribution in [0.25, 0.3) is 0 Å². The van der Waals surface area contributed by atoms with Gasteiger partial charge in [-0.3, -0.25) is 0 Å². The van der Waals surface area contributed by atoms with Crippen LogP contribution in [0.4, 0.5) is 30.7 Å². The Bertz CT molecular complexity index is 253. The molecule has 0 unspecified atom stereocenters. The molecule has 7 heteroatoms. The molecule has 0 nitrogen and oxygen atoms in total. The van der Waals surface area contributed by atoms with Gasteiger partial charge in [-0.15, -0.1) is 0 Å². The molecule has 0 saturated carbocycles. The van der Waals surface area contributed by atoms with E-state index >= 15 is 0 Å². The highest BCUT2D eigenvalue weighted by molar-refractivity contribution is 5.28. The third-order valence-electron chi connectivity index (χ3n) is 1.07. The minimum Gasteiger partial charge on any atom is -0.201 e. The Morgan fingerprint density at radius 3 is 1.54 bits per heavy atom. The Morgan fingerprint density at radius 2 is 1.31 bits per heavy atom. The Balaban J connectivity index is 5.18. The molecule has 76 valence electrons. The normalized spacial score (nSPS) is 13.8. The van der Waals surface area contributed by atoms with E-state index in [0.717, 1.165) is 0 Å². The second kappa shape index (κ2) is 3.80. The third-order valence-corrected chi connectivity index (χ3v) is 1.07. The van der Waals surface area contributed by atoms with Crippen molar-refractivity contribution in [2.24, 2.45) is 0 Å². The van der Waals surface area contributed by atoms with Gasteiger partial charge in [0.2, 0.25) is 5.83 Å². The lowest BCUT2D eigenvalue weighted by Crippen LogP contribution is -2.10. The molecule has 13 heavy (non-hydrogen) atoms. The van der Waals surface area contributed by atoms with Crippen molar-refractivity contribution in [3.8, 4) is 0 Å². The zero-order chi connectivity index (χ0) is 10.8. The first kappa shape index (κ1) is 12.0. The molecule has 0 aliphatic rings. The molecule has 0 saturated heterocycles. The molecule has 0 aromatic rings. The lowest BCUT2D eigenvalue weighted by atomic mass is 10.2. The van der Waals surface area contributed by atoms with Gasteiger partial charge in [0.25, 0.3) is 0 Å². The highest BCUT2D eigenvalue weighted by Gasteiger charge is 2.37. The SMILES string of the molecule is CC(C(F)=C(F)F)=C(F)C(F)(F)F. The molecule has 0 fully saturated rings. The topological polar surface area (TPSA) is 0 Å². The summed E-state index contributed by atoms with van der Waals surface area (Å²) in [6, 6.07) is 0. The van der Waals surface area contributed by atoms with Crippen LogP contribution in [0.2, 0.25) is 0 Å². The van der Waals surface area contributed by atoms with Crippen LogP contribution in [0.3, 0.4) is 0 Å². The van der Waals surface area contributed by atoms with Crippen LogP contribution in [-0.4, -0.2) is 6.18 Å². The molecular weight excluding hydrogens is 205 g/mol. The minimum atomic E-state index is -5.45. The van der Waals surface area contributed by atoms with Gasteiger partial charge >= 0.3 is 12.3 Å². The second-order valence-electron chi connectivity index (χ2n) is 2.01. The number of hydrogen-bond donors (Lipinski definition) is 0. The number of hydrogen-bond acceptors (Lipinski definition) is 0. The average molecular weight is 208 g/mol. The first-order valence-electron chi connectivity index (χ1n) is 2.82. The molecule has 0 heterocycles. The third kappa shape index (κ3) is 3.08. The molecule has 0 spiro atoms. The Labute approximate surface area is 68.3 Å². The van der Waals surface area contributed by atoms with Crippen molar-refractivity contribution in [2.45, 2.75) is 13.1 Å². The number of halogens is 7. The number of rotatable bonds is 1. The molecule has 0 bridgehead atoms. The minimum absolute atomic E-state index is 0.275. The van der Waals surface area contributed by atoms with Gasteiger partial charge in [0.05, 0.1) is 0 Å². The first-order valence-corrected chi connectivity index (χ1v) is 2.82. The fourth-order valence-electron chi connectivity index (χ4n) is 0.451. The summed E-state index contributed by atoms with van der Waals surface area (Å²) in [6.45, 7) is 0.275. The summed E-state index contributed by atoms with van der Waals surface area (Å²) >= 11 is 0. The molecule has 0 aromatic heterocycles. The van der Waals surface area contributed by atoms with Gasteiger partial charge in [0, 0.05) is 5.57 Å². The summed E-state index contributed by atoms with van der Waals surface area (Å²) in [7, 11) is 0. The van der Waals surface area contributed by atoms with Crippen molar-refractivity contribution in [1.82, 2.24) is 0 Å². The highest BCUT2D eigenvalue weighted by Crippen LogP contribution is 2.33. The molecule has 0 rings (SSSR count). The molecule has 0 radical (unpaired) electrons. The number of alkyl halides is 3. The van der Waals surface area contributed by atoms with E-state index in [1.54, 1.807) is 0 Å². The Hall–Kier alpha value is -1.01. The van der Waals surface area contributed by atoms with E-state index in [-0.39, 0.29) is 6.92 Å². The van der Waals surface area contributed by atoms with Gasteiger partial charge in [0.1, 0.15) is 0 Å². The van der Waals surface area contributed by atoms with Crippen LogP contribution in [0.1, 0.15) is 6.92 Å². The van der Waals surface area contributed by atoms with E-state index in [1.165, 1.54) is 0 Å². The largest absolute Gasteiger partial charge is 0.443 e. The van der Waals surface area contributed by atoms with Gasteiger partial charge in [0.15, 0.2) is 5.83 Å². The predicted molar refractivity (Wildman–Crippen MR) is 30.2 cm³/mol. The molecular formula is C6H3F7. The van der Waals surface area contributed by atoms with E-state index in [1.807, 2.05) is 0 Å². The maximum absolute atomic E-state index is 12.1. The van der Waals surface area contributed by atoms with E-state index in [4.69, 9.17) is 0 Å². The lowest BCUT2D eigenvalue weighted by Gasteiger charge is -2.05. The van der Waals surface area contributed by atoms with Gasteiger partial charge in [-0.05, 0) is 6.92 Å². The lowest BCUT2D eigenvalue weighted by molar-refractivity contribution is -0.109. The molecule has 0 aliphatic carbocycles.